The lowest BCUT2D eigenvalue weighted by atomic mass is 9.85. The van der Waals surface area contributed by atoms with E-state index in [0.29, 0.717) is 6.54 Å². The van der Waals surface area contributed by atoms with Crippen LogP contribution >= 0.6 is 0 Å². The van der Waals surface area contributed by atoms with Crippen molar-refractivity contribution < 1.29 is 19.1 Å². The summed E-state index contributed by atoms with van der Waals surface area (Å²) < 4.78 is 5.86. The fraction of sp³-hybridized carbons (Fsp3) is 0.500. The summed E-state index contributed by atoms with van der Waals surface area (Å²) in [6.07, 6.45) is 1.55. The average molecular weight is 373 g/mol. The summed E-state index contributed by atoms with van der Waals surface area (Å²) in [6, 6.07) is 9.71. The third kappa shape index (κ3) is 4.24. The van der Waals surface area contributed by atoms with E-state index in [-0.39, 0.29) is 30.7 Å². The number of carboxylic acid groups (broad SMARTS) is 1. The van der Waals surface area contributed by atoms with Gasteiger partial charge in [0, 0.05) is 24.5 Å². The van der Waals surface area contributed by atoms with Gasteiger partial charge in [0.1, 0.15) is 11.3 Å². The Morgan fingerprint density at radius 2 is 2.04 bits per heavy atom. The van der Waals surface area contributed by atoms with Crippen molar-refractivity contribution >= 4 is 23.0 Å². The minimum absolute atomic E-state index is 0.0465. The second-order valence-corrected chi connectivity index (χ2v) is 7.20. The summed E-state index contributed by atoms with van der Waals surface area (Å²) in [7, 11) is 1.76. The maximum absolute atomic E-state index is 12.6. The number of carbonyl (C=O) groups is 2. The molecule has 2 aromatic rings. The second kappa shape index (κ2) is 8.00. The van der Waals surface area contributed by atoms with Crippen LogP contribution in [0, 0.1) is 0 Å². The van der Waals surface area contributed by atoms with Gasteiger partial charge in [-0.25, -0.2) is 4.79 Å². The molecule has 0 radical (unpaired) electrons. The van der Waals surface area contributed by atoms with Gasteiger partial charge < -0.3 is 19.7 Å². The Kier molecular flexibility index (Phi) is 5.70. The molecule has 1 aromatic carbocycles. The van der Waals surface area contributed by atoms with E-state index in [0.717, 1.165) is 29.6 Å². The van der Waals surface area contributed by atoms with E-state index < -0.39 is 5.97 Å². The van der Waals surface area contributed by atoms with Gasteiger partial charge in [-0.2, -0.15) is 0 Å². The number of furan rings is 1. The highest BCUT2D eigenvalue weighted by molar-refractivity contribution is 5.78. The molecule has 1 saturated carbocycles. The molecule has 0 spiro atoms. The predicted molar refractivity (Wildman–Crippen MR) is 103 cm³/mol. The standard InChI is InChI=1S/C20H27N3O4/c1-4-23(12-19(24)25)16-10-15(11-16)21-20(26)22(3)13(2)18-9-14-7-5-6-8-17(14)27-18/h5-9,13,15-16H,4,10-12H2,1-3H3,(H,21,26)(H,24,25). The molecule has 7 heteroatoms. The Balaban J connectivity index is 1.53. The zero-order chi connectivity index (χ0) is 19.6. The van der Waals surface area contributed by atoms with E-state index in [1.165, 1.54) is 0 Å². The number of nitrogens with zero attached hydrogens (tertiary/aromatic N) is 2. The molecule has 2 N–H and O–H groups in total. The van der Waals surface area contributed by atoms with Crippen LogP contribution in [0.15, 0.2) is 34.7 Å². The highest BCUT2D eigenvalue weighted by Gasteiger charge is 2.35. The molecule has 7 nitrogen and oxygen atoms in total. The molecule has 1 atom stereocenters. The third-order valence-electron chi connectivity index (χ3n) is 5.46. The number of benzene rings is 1. The van der Waals surface area contributed by atoms with Crippen LogP contribution in [0.5, 0.6) is 0 Å². The highest BCUT2D eigenvalue weighted by atomic mass is 16.4. The zero-order valence-electron chi connectivity index (χ0n) is 16.0. The Bertz CT molecular complexity index is 779. The Morgan fingerprint density at radius 3 is 2.67 bits per heavy atom. The summed E-state index contributed by atoms with van der Waals surface area (Å²) in [6.45, 7) is 4.63. The van der Waals surface area contributed by atoms with Crippen LogP contribution in [0.25, 0.3) is 11.0 Å². The van der Waals surface area contributed by atoms with Gasteiger partial charge in [0.05, 0.1) is 12.6 Å². The zero-order valence-corrected chi connectivity index (χ0v) is 16.0. The van der Waals surface area contributed by atoms with Crippen molar-refractivity contribution in [1.82, 2.24) is 15.1 Å². The lowest BCUT2D eigenvalue weighted by molar-refractivity contribution is -0.139. The van der Waals surface area contributed by atoms with Crippen LogP contribution < -0.4 is 5.32 Å². The Morgan fingerprint density at radius 1 is 1.33 bits per heavy atom. The molecule has 1 aromatic heterocycles. The molecule has 1 unspecified atom stereocenters. The molecular formula is C20H27N3O4. The fourth-order valence-electron chi connectivity index (χ4n) is 3.53. The molecule has 0 aliphatic heterocycles. The maximum Gasteiger partial charge on any atom is 0.317 e. The van der Waals surface area contributed by atoms with Crippen molar-refractivity contribution in [2.75, 3.05) is 20.1 Å². The minimum atomic E-state index is -0.816. The predicted octanol–water partition coefficient (Wildman–Crippen LogP) is 3.07. The van der Waals surface area contributed by atoms with Gasteiger partial charge in [-0.15, -0.1) is 0 Å². The first kappa shape index (κ1) is 19.2. The van der Waals surface area contributed by atoms with Crippen LogP contribution in [0.1, 0.15) is 38.5 Å². The smallest absolute Gasteiger partial charge is 0.317 e. The quantitative estimate of drug-likeness (QED) is 0.779. The van der Waals surface area contributed by atoms with Gasteiger partial charge in [0.25, 0.3) is 0 Å². The average Bonchev–Trinajstić information content (AvgIpc) is 3.05. The van der Waals surface area contributed by atoms with E-state index in [1.54, 1.807) is 11.9 Å². The molecule has 146 valence electrons. The molecule has 0 bridgehead atoms. The molecule has 3 rings (SSSR count). The molecule has 1 aliphatic carbocycles. The van der Waals surface area contributed by atoms with Crippen LogP contribution in [0.4, 0.5) is 4.79 Å². The van der Waals surface area contributed by atoms with Crippen molar-refractivity contribution in [2.45, 2.75) is 44.8 Å². The van der Waals surface area contributed by atoms with Gasteiger partial charge in [0.2, 0.25) is 0 Å². The van der Waals surface area contributed by atoms with Crippen molar-refractivity contribution in [3.05, 3.63) is 36.1 Å². The monoisotopic (exact) mass is 373 g/mol. The van der Waals surface area contributed by atoms with Crippen LogP contribution in [-0.4, -0.2) is 59.1 Å². The molecule has 1 aliphatic rings. The number of fused-ring (bicyclic) bond motifs is 1. The number of rotatable bonds is 7. The van der Waals surface area contributed by atoms with Crippen molar-refractivity contribution in [3.63, 3.8) is 0 Å². The molecule has 2 amide bonds. The van der Waals surface area contributed by atoms with Gasteiger partial charge >= 0.3 is 12.0 Å². The Hall–Kier alpha value is -2.54. The molecule has 1 fully saturated rings. The first-order chi connectivity index (χ1) is 12.9. The first-order valence-corrected chi connectivity index (χ1v) is 9.36. The largest absolute Gasteiger partial charge is 0.480 e. The molecule has 1 heterocycles. The minimum Gasteiger partial charge on any atom is -0.480 e. The van der Waals surface area contributed by atoms with Gasteiger partial charge in [-0.3, -0.25) is 9.69 Å². The van der Waals surface area contributed by atoms with Crippen molar-refractivity contribution in [1.29, 1.82) is 0 Å². The number of para-hydroxylation sites is 1. The van der Waals surface area contributed by atoms with Crippen LogP contribution in [0.3, 0.4) is 0 Å². The Labute approximate surface area is 158 Å². The highest BCUT2D eigenvalue weighted by Crippen LogP contribution is 2.28. The lowest BCUT2D eigenvalue weighted by Gasteiger charge is -2.42. The molecule has 0 saturated heterocycles. The number of aliphatic carboxylic acids is 1. The van der Waals surface area contributed by atoms with Gasteiger partial charge in [-0.1, -0.05) is 25.1 Å². The SMILES string of the molecule is CCN(CC(=O)O)C1CC(NC(=O)N(C)C(C)c2cc3ccccc3o2)C1. The summed E-state index contributed by atoms with van der Waals surface area (Å²) in [5, 5.41) is 13.0. The van der Waals surface area contributed by atoms with E-state index in [2.05, 4.69) is 5.32 Å². The molecular weight excluding hydrogens is 346 g/mol. The van der Waals surface area contributed by atoms with E-state index in [9.17, 15) is 9.59 Å². The third-order valence-corrected chi connectivity index (χ3v) is 5.46. The number of hydrogen-bond acceptors (Lipinski definition) is 4. The van der Waals surface area contributed by atoms with Crippen molar-refractivity contribution in [2.24, 2.45) is 0 Å². The number of likely N-dealkylation sites (N-methyl/N-ethyl adjacent to an activating group) is 1. The van der Waals surface area contributed by atoms with E-state index >= 15 is 0 Å². The summed E-state index contributed by atoms with van der Waals surface area (Å²) in [4.78, 5) is 27.0. The number of nitrogens with one attached hydrogen (secondary N) is 1. The summed E-state index contributed by atoms with van der Waals surface area (Å²) in [5.41, 5.74) is 0.813. The molecule has 27 heavy (non-hydrogen) atoms. The summed E-state index contributed by atoms with van der Waals surface area (Å²) >= 11 is 0. The van der Waals surface area contributed by atoms with Crippen LogP contribution in [-0.2, 0) is 4.79 Å². The fourth-order valence-corrected chi connectivity index (χ4v) is 3.53. The summed E-state index contributed by atoms with van der Waals surface area (Å²) in [5.74, 6) is -0.0670. The van der Waals surface area contributed by atoms with Crippen LogP contribution in [0.2, 0.25) is 0 Å². The number of hydrogen-bond donors (Lipinski definition) is 2. The number of urea groups is 1. The topological polar surface area (TPSA) is 86.0 Å². The first-order valence-electron chi connectivity index (χ1n) is 9.36. The van der Waals surface area contributed by atoms with Crippen molar-refractivity contribution in [3.8, 4) is 0 Å². The lowest BCUT2D eigenvalue weighted by Crippen LogP contribution is -2.56. The maximum atomic E-state index is 12.6. The normalized spacial score (nSPS) is 20.3. The number of carbonyl (C=O) groups excluding carboxylic acids is 1. The number of carboxylic acids is 1. The number of amides is 2. The van der Waals surface area contributed by atoms with Gasteiger partial charge in [0.15, 0.2) is 0 Å². The second-order valence-electron chi connectivity index (χ2n) is 7.20. The van der Waals surface area contributed by atoms with E-state index in [1.807, 2.05) is 49.1 Å². The van der Waals surface area contributed by atoms with E-state index in [4.69, 9.17) is 9.52 Å². The van der Waals surface area contributed by atoms with Gasteiger partial charge in [-0.05, 0) is 38.4 Å².